The lowest BCUT2D eigenvalue weighted by Crippen LogP contribution is -2.35. The average molecular weight is 441 g/mol. The van der Waals surface area contributed by atoms with Crippen LogP contribution in [0.2, 0.25) is 5.02 Å². The van der Waals surface area contributed by atoms with Crippen molar-refractivity contribution in [1.29, 1.82) is 0 Å². The Morgan fingerprint density at radius 1 is 1.23 bits per heavy atom. The molecule has 1 fully saturated rings. The molecule has 1 unspecified atom stereocenters. The summed E-state index contributed by atoms with van der Waals surface area (Å²) in [6.45, 7) is 4.87. The predicted molar refractivity (Wildman–Crippen MR) is 121 cm³/mol. The van der Waals surface area contributed by atoms with Crippen LogP contribution in [0.1, 0.15) is 17.2 Å². The Balaban J connectivity index is 2.12. The van der Waals surface area contributed by atoms with Crippen LogP contribution in [-0.2, 0) is 9.59 Å². The SMILES string of the molecule is C=CCOc1cccc(C2/C(=C(/O)c3ccc(Cl)cc3)C(=O)C(=O)N2CCN(C)C)c1. The van der Waals surface area contributed by atoms with Crippen molar-refractivity contribution in [2.24, 2.45) is 0 Å². The van der Waals surface area contributed by atoms with Crippen LogP contribution in [0, 0.1) is 0 Å². The van der Waals surface area contributed by atoms with Gasteiger partial charge in [-0.05, 0) is 56.1 Å². The van der Waals surface area contributed by atoms with Crippen LogP contribution in [0.3, 0.4) is 0 Å². The second-order valence-corrected chi connectivity index (χ2v) is 7.91. The number of benzene rings is 2. The van der Waals surface area contributed by atoms with Crippen LogP contribution < -0.4 is 4.74 Å². The fourth-order valence-electron chi connectivity index (χ4n) is 3.46. The molecule has 31 heavy (non-hydrogen) atoms. The van der Waals surface area contributed by atoms with Crippen molar-refractivity contribution in [1.82, 2.24) is 9.80 Å². The van der Waals surface area contributed by atoms with Crippen molar-refractivity contribution < 1.29 is 19.4 Å². The lowest BCUT2D eigenvalue weighted by molar-refractivity contribution is -0.140. The highest BCUT2D eigenvalue weighted by Gasteiger charge is 2.46. The zero-order valence-electron chi connectivity index (χ0n) is 17.5. The minimum absolute atomic E-state index is 0.0481. The zero-order valence-corrected chi connectivity index (χ0v) is 18.3. The minimum Gasteiger partial charge on any atom is -0.507 e. The van der Waals surface area contributed by atoms with Crippen molar-refractivity contribution in [2.45, 2.75) is 6.04 Å². The number of aliphatic hydroxyl groups is 1. The molecule has 0 saturated carbocycles. The van der Waals surface area contributed by atoms with E-state index in [1.165, 1.54) is 4.90 Å². The van der Waals surface area contributed by atoms with Crippen LogP contribution in [0.5, 0.6) is 5.75 Å². The Labute approximate surface area is 187 Å². The molecule has 1 N–H and O–H groups in total. The van der Waals surface area contributed by atoms with Crippen molar-refractivity contribution >= 4 is 29.1 Å². The number of halogens is 1. The number of carbonyl (C=O) groups is 2. The zero-order chi connectivity index (χ0) is 22.5. The lowest BCUT2D eigenvalue weighted by atomic mass is 9.95. The number of nitrogens with zero attached hydrogens (tertiary/aromatic N) is 2. The Kier molecular flexibility index (Phi) is 7.15. The van der Waals surface area contributed by atoms with E-state index in [9.17, 15) is 14.7 Å². The highest BCUT2D eigenvalue weighted by atomic mass is 35.5. The summed E-state index contributed by atoms with van der Waals surface area (Å²) in [5.41, 5.74) is 1.14. The van der Waals surface area contributed by atoms with Gasteiger partial charge in [0.25, 0.3) is 11.7 Å². The number of carbonyl (C=O) groups excluding carboxylic acids is 2. The summed E-state index contributed by atoms with van der Waals surface area (Å²) in [4.78, 5) is 29.3. The number of Topliss-reactive ketones (excluding diaryl/α,β-unsaturated/α-hetero) is 1. The van der Waals surface area contributed by atoms with Gasteiger partial charge in [-0.2, -0.15) is 0 Å². The molecule has 0 bridgehead atoms. The van der Waals surface area contributed by atoms with Crippen LogP contribution in [0.4, 0.5) is 0 Å². The first-order valence-corrected chi connectivity index (χ1v) is 10.2. The highest BCUT2D eigenvalue weighted by Crippen LogP contribution is 2.40. The van der Waals surface area contributed by atoms with Gasteiger partial charge < -0.3 is 19.6 Å². The Morgan fingerprint density at radius 3 is 2.58 bits per heavy atom. The topological polar surface area (TPSA) is 70.1 Å². The Morgan fingerprint density at radius 2 is 1.94 bits per heavy atom. The molecule has 7 heteroatoms. The molecule has 2 aromatic rings. The van der Waals surface area contributed by atoms with Gasteiger partial charge in [0.15, 0.2) is 0 Å². The maximum absolute atomic E-state index is 13.0. The van der Waals surface area contributed by atoms with E-state index in [1.54, 1.807) is 48.5 Å². The molecule has 1 heterocycles. The van der Waals surface area contributed by atoms with E-state index >= 15 is 0 Å². The number of likely N-dealkylation sites (N-methyl/N-ethyl adjacent to an activating group) is 1. The third-order valence-corrected chi connectivity index (χ3v) is 5.24. The molecule has 0 aromatic heterocycles. The van der Waals surface area contributed by atoms with Crippen LogP contribution >= 0.6 is 11.6 Å². The van der Waals surface area contributed by atoms with Crippen molar-refractivity contribution in [3.63, 3.8) is 0 Å². The van der Waals surface area contributed by atoms with E-state index in [-0.39, 0.29) is 11.3 Å². The molecule has 1 amide bonds. The molecule has 1 atom stereocenters. The minimum atomic E-state index is -0.733. The highest BCUT2D eigenvalue weighted by molar-refractivity contribution is 6.46. The first-order valence-electron chi connectivity index (χ1n) is 9.86. The molecular formula is C24H25ClN2O4. The second kappa shape index (κ2) is 9.81. The van der Waals surface area contributed by atoms with Gasteiger partial charge in [-0.15, -0.1) is 0 Å². The number of hydrogen-bond donors (Lipinski definition) is 1. The fourth-order valence-corrected chi connectivity index (χ4v) is 3.58. The first-order chi connectivity index (χ1) is 14.8. The van der Waals surface area contributed by atoms with Gasteiger partial charge in [-0.1, -0.05) is 36.4 Å². The first kappa shape index (κ1) is 22.6. The number of hydrogen-bond acceptors (Lipinski definition) is 5. The van der Waals surface area contributed by atoms with Gasteiger partial charge in [-0.25, -0.2) is 0 Å². The number of ketones is 1. The number of rotatable bonds is 8. The van der Waals surface area contributed by atoms with E-state index in [2.05, 4.69) is 6.58 Å². The van der Waals surface area contributed by atoms with Gasteiger partial charge in [-0.3, -0.25) is 9.59 Å². The third-order valence-electron chi connectivity index (χ3n) is 4.99. The molecule has 0 spiro atoms. The summed E-state index contributed by atoms with van der Waals surface area (Å²) in [5, 5.41) is 11.5. The van der Waals surface area contributed by atoms with Gasteiger partial charge >= 0.3 is 0 Å². The number of ether oxygens (including phenoxy) is 1. The van der Waals surface area contributed by atoms with Gasteiger partial charge in [0.05, 0.1) is 11.6 Å². The molecule has 162 valence electrons. The molecular weight excluding hydrogens is 416 g/mol. The summed E-state index contributed by atoms with van der Waals surface area (Å²) in [5.74, 6) is -1.000. The number of likely N-dealkylation sites (tertiary alicyclic amines) is 1. The van der Waals surface area contributed by atoms with Crippen molar-refractivity contribution in [3.05, 3.63) is 82.9 Å². The third kappa shape index (κ3) is 4.98. The molecule has 3 rings (SSSR count). The molecule has 2 aromatic carbocycles. The summed E-state index contributed by atoms with van der Waals surface area (Å²) < 4.78 is 5.63. The summed E-state index contributed by atoms with van der Waals surface area (Å²) in [6, 6.07) is 12.9. The van der Waals surface area contributed by atoms with E-state index in [1.807, 2.05) is 25.1 Å². The normalized spacial score (nSPS) is 17.9. The number of amides is 1. The van der Waals surface area contributed by atoms with Crippen LogP contribution in [0.25, 0.3) is 5.76 Å². The largest absolute Gasteiger partial charge is 0.507 e. The Hall–Kier alpha value is -3.09. The van der Waals surface area contributed by atoms with E-state index in [4.69, 9.17) is 16.3 Å². The molecule has 0 aliphatic carbocycles. The fraction of sp³-hybridized carbons (Fsp3) is 0.250. The monoisotopic (exact) mass is 440 g/mol. The van der Waals surface area contributed by atoms with E-state index in [0.717, 1.165) is 0 Å². The van der Waals surface area contributed by atoms with Gasteiger partial charge in [0.2, 0.25) is 0 Å². The summed E-state index contributed by atoms with van der Waals surface area (Å²) in [6.07, 6.45) is 1.64. The maximum atomic E-state index is 13.0. The second-order valence-electron chi connectivity index (χ2n) is 7.47. The van der Waals surface area contributed by atoms with Crippen LogP contribution in [-0.4, -0.2) is 60.4 Å². The average Bonchev–Trinajstić information content (AvgIpc) is 3.01. The smallest absolute Gasteiger partial charge is 0.295 e. The number of aliphatic hydroxyl groups excluding tert-OH is 1. The molecule has 1 aliphatic heterocycles. The maximum Gasteiger partial charge on any atom is 0.295 e. The molecule has 0 radical (unpaired) electrons. The quantitative estimate of drug-likeness (QED) is 0.292. The molecule has 6 nitrogen and oxygen atoms in total. The summed E-state index contributed by atoms with van der Waals surface area (Å²) >= 11 is 5.95. The molecule has 1 saturated heterocycles. The van der Waals surface area contributed by atoms with Gasteiger partial charge in [0.1, 0.15) is 18.1 Å². The van der Waals surface area contributed by atoms with Crippen LogP contribution in [0.15, 0.2) is 66.8 Å². The Bertz CT molecular complexity index is 1010. The standard InChI is InChI=1S/C24H25ClN2O4/c1-4-14-31-19-7-5-6-17(15-19)21-20(22(28)16-8-10-18(25)11-9-16)23(29)24(30)27(21)13-12-26(2)3/h4-11,15,21,28H,1,12-14H2,2-3H3/b22-20-. The van der Waals surface area contributed by atoms with E-state index < -0.39 is 17.7 Å². The molecule has 1 aliphatic rings. The predicted octanol–water partition coefficient (Wildman–Crippen LogP) is 3.89. The van der Waals surface area contributed by atoms with Gasteiger partial charge in [0, 0.05) is 23.7 Å². The van der Waals surface area contributed by atoms with E-state index in [0.29, 0.717) is 41.6 Å². The van der Waals surface area contributed by atoms with Crippen molar-refractivity contribution in [2.75, 3.05) is 33.8 Å². The summed E-state index contributed by atoms with van der Waals surface area (Å²) in [7, 11) is 3.78. The lowest BCUT2D eigenvalue weighted by Gasteiger charge is -2.26. The van der Waals surface area contributed by atoms with Crippen molar-refractivity contribution in [3.8, 4) is 5.75 Å².